The van der Waals surface area contributed by atoms with E-state index in [2.05, 4.69) is 0 Å². The Bertz CT molecular complexity index is 1660. The van der Waals surface area contributed by atoms with Crippen molar-refractivity contribution < 1.29 is 9.21 Å². The number of likely N-dealkylation sites (N-methyl/N-ethyl adjacent to an activating group) is 1. The van der Waals surface area contributed by atoms with Crippen LogP contribution in [0.15, 0.2) is 92.9 Å². The number of amides is 1. The lowest BCUT2D eigenvalue weighted by Crippen LogP contribution is -2.43. The SMILES string of the molecule is Cc1cccc(N(C)C(=O)Cn2c(=O)n(CCc3ccccc3)c(=O)c3oc4ccccc4c32)c1. The van der Waals surface area contributed by atoms with Crippen LogP contribution in [0.5, 0.6) is 0 Å². The fraction of sp³-hybridized carbons (Fsp3) is 0.179. The van der Waals surface area contributed by atoms with Gasteiger partial charge in [-0.15, -0.1) is 0 Å². The summed E-state index contributed by atoms with van der Waals surface area (Å²) in [6.07, 6.45) is 0.499. The zero-order valence-electron chi connectivity index (χ0n) is 19.6. The largest absolute Gasteiger partial charge is 0.449 e. The number of para-hydroxylation sites is 1. The summed E-state index contributed by atoms with van der Waals surface area (Å²) in [6.45, 7) is 1.90. The van der Waals surface area contributed by atoms with Gasteiger partial charge in [0, 0.05) is 24.7 Å². The van der Waals surface area contributed by atoms with Gasteiger partial charge in [0.1, 0.15) is 17.6 Å². The number of carbonyl (C=O) groups is 1. The van der Waals surface area contributed by atoms with E-state index >= 15 is 0 Å². The third-order valence-corrected chi connectivity index (χ3v) is 6.26. The van der Waals surface area contributed by atoms with Crippen LogP contribution in [-0.2, 0) is 24.3 Å². The number of hydrogen-bond donors (Lipinski definition) is 0. The van der Waals surface area contributed by atoms with Crippen molar-refractivity contribution in [2.24, 2.45) is 0 Å². The van der Waals surface area contributed by atoms with Crippen molar-refractivity contribution in [2.75, 3.05) is 11.9 Å². The molecule has 176 valence electrons. The van der Waals surface area contributed by atoms with Gasteiger partial charge in [-0.1, -0.05) is 54.6 Å². The van der Waals surface area contributed by atoms with Crippen molar-refractivity contribution >= 4 is 33.7 Å². The lowest BCUT2D eigenvalue weighted by Gasteiger charge is -2.19. The maximum Gasteiger partial charge on any atom is 0.332 e. The molecule has 0 aliphatic rings. The van der Waals surface area contributed by atoms with Crippen LogP contribution in [-0.4, -0.2) is 22.1 Å². The van der Waals surface area contributed by atoms with Crippen molar-refractivity contribution in [1.82, 2.24) is 9.13 Å². The number of benzene rings is 3. The molecule has 0 N–H and O–H groups in total. The van der Waals surface area contributed by atoms with Gasteiger partial charge in [0.15, 0.2) is 0 Å². The molecule has 2 aromatic heterocycles. The van der Waals surface area contributed by atoms with E-state index in [0.717, 1.165) is 21.4 Å². The summed E-state index contributed by atoms with van der Waals surface area (Å²) in [7, 11) is 1.68. The first-order valence-electron chi connectivity index (χ1n) is 11.5. The molecule has 1 amide bonds. The van der Waals surface area contributed by atoms with Gasteiger partial charge in [0.25, 0.3) is 5.56 Å². The van der Waals surface area contributed by atoms with Crippen molar-refractivity contribution in [3.8, 4) is 0 Å². The van der Waals surface area contributed by atoms with E-state index < -0.39 is 11.2 Å². The van der Waals surface area contributed by atoms with Crippen LogP contribution in [0.1, 0.15) is 11.1 Å². The van der Waals surface area contributed by atoms with E-state index in [4.69, 9.17) is 4.42 Å². The molecule has 0 spiro atoms. The normalized spacial score (nSPS) is 11.3. The number of fused-ring (bicyclic) bond motifs is 3. The molecule has 5 rings (SSSR count). The monoisotopic (exact) mass is 467 g/mol. The van der Waals surface area contributed by atoms with E-state index in [0.29, 0.717) is 22.9 Å². The zero-order chi connectivity index (χ0) is 24.5. The number of anilines is 1. The maximum absolute atomic E-state index is 13.6. The highest BCUT2D eigenvalue weighted by atomic mass is 16.3. The topological polar surface area (TPSA) is 77.5 Å². The lowest BCUT2D eigenvalue weighted by atomic mass is 10.1. The van der Waals surface area contributed by atoms with Crippen LogP contribution in [0.3, 0.4) is 0 Å². The first kappa shape index (κ1) is 22.4. The van der Waals surface area contributed by atoms with Crippen LogP contribution < -0.4 is 16.1 Å². The van der Waals surface area contributed by atoms with Gasteiger partial charge >= 0.3 is 5.69 Å². The van der Waals surface area contributed by atoms with E-state index in [1.54, 1.807) is 25.2 Å². The average Bonchev–Trinajstić information content (AvgIpc) is 3.26. The van der Waals surface area contributed by atoms with Gasteiger partial charge in [-0.2, -0.15) is 0 Å². The molecule has 0 saturated heterocycles. The minimum absolute atomic E-state index is 0.0740. The average molecular weight is 468 g/mol. The Balaban J connectivity index is 1.62. The number of furan rings is 1. The second-order valence-corrected chi connectivity index (χ2v) is 8.63. The smallest absolute Gasteiger partial charge is 0.332 e. The summed E-state index contributed by atoms with van der Waals surface area (Å²) in [5.74, 6) is -0.280. The molecular formula is C28H25N3O4. The highest BCUT2D eigenvalue weighted by Gasteiger charge is 2.22. The highest BCUT2D eigenvalue weighted by Crippen LogP contribution is 2.26. The molecule has 0 radical (unpaired) electrons. The van der Waals surface area contributed by atoms with E-state index in [-0.39, 0.29) is 24.6 Å². The summed E-state index contributed by atoms with van der Waals surface area (Å²) in [5.41, 5.74) is 2.65. The fourth-order valence-corrected chi connectivity index (χ4v) is 4.35. The van der Waals surface area contributed by atoms with Crippen molar-refractivity contribution in [3.63, 3.8) is 0 Å². The summed E-state index contributed by atoms with van der Waals surface area (Å²) in [4.78, 5) is 41.8. The number of rotatable bonds is 6. The van der Waals surface area contributed by atoms with Gasteiger partial charge in [-0.3, -0.25) is 18.7 Å². The zero-order valence-corrected chi connectivity index (χ0v) is 19.6. The maximum atomic E-state index is 13.6. The Kier molecular flexibility index (Phi) is 5.82. The number of aryl methyl sites for hydroxylation is 2. The molecule has 0 fully saturated rings. The third-order valence-electron chi connectivity index (χ3n) is 6.26. The Morgan fingerprint density at radius 3 is 2.43 bits per heavy atom. The second-order valence-electron chi connectivity index (χ2n) is 8.63. The number of carbonyl (C=O) groups excluding carboxylic acids is 1. The summed E-state index contributed by atoms with van der Waals surface area (Å²) in [6, 6.07) is 24.4. The Labute approximate surface area is 201 Å². The third kappa shape index (κ3) is 4.17. The Morgan fingerprint density at radius 1 is 0.914 bits per heavy atom. The molecule has 35 heavy (non-hydrogen) atoms. The van der Waals surface area contributed by atoms with Crippen LogP contribution >= 0.6 is 0 Å². The predicted octanol–water partition coefficient (Wildman–Crippen LogP) is 4.12. The predicted molar refractivity (Wildman–Crippen MR) is 137 cm³/mol. The van der Waals surface area contributed by atoms with E-state index in [1.165, 1.54) is 9.47 Å². The highest BCUT2D eigenvalue weighted by molar-refractivity contribution is 6.03. The second kappa shape index (κ2) is 9.10. The molecule has 7 heteroatoms. The molecule has 3 aromatic carbocycles. The van der Waals surface area contributed by atoms with Crippen molar-refractivity contribution in [1.29, 1.82) is 0 Å². The molecular weight excluding hydrogens is 442 g/mol. The number of nitrogens with zero attached hydrogens (tertiary/aromatic N) is 3. The molecule has 0 aliphatic carbocycles. The van der Waals surface area contributed by atoms with E-state index in [1.807, 2.05) is 67.6 Å². The van der Waals surface area contributed by atoms with Crippen LogP contribution in [0.4, 0.5) is 5.69 Å². The van der Waals surface area contributed by atoms with Gasteiger partial charge in [-0.05, 0) is 48.7 Å². The summed E-state index contributed by atoms with van der Waals surface area (Å²) < 4.78 is 8.42. The first-order valence-corrected chi connectivity index (χ1v) is 11.5. The molecule has 7 nitrogen and oxygen atoms in total. The van der Waals surface area contributed by atoms with Gasteiger partial charge in [0.2, 0.25) is 11.5 Å². The minimum Gasteiger partial charge on any atom is -0.449 e. The molecule has 5 aromatic rings. The van der Waals surface area contributed by atoms with Crippen molar-refractivity contribution in [2.45, 2.75) is 26.4 Å². The minimum atomic E-state index is -0.532. The number of hydrogen-bond acceptors (Lipinski definition) is 4. The molecule has 0 aliphatic heterocycles. The first-order chi connectivity index (χ1) is 16.9. The van der Waals surface area contributed by atoms with Gasteiger partial charge in [0.05, 0.1) is 0 Å². The Morgan fingerprint density at radius 2 is 1.66 bits per heavy atom. The van der Waals surface area contributed by atoms with Crippen LogP contribution in [0.2, 0.25) is 0 Å². The van der Waals surface area contributed by atoms with Crippen LogP contribution in [0.25, 0.3) is 22.1 Å². The molecule has 0 unspecified atom stereocenters. The Hall–Kier alpha value is -4.39. The van der Waals surface area contributed by atoms with Gasteiger partial charge in [-0.25, -0.2) is 4.79 Å². The molecule has 0 bridgehead atoms. The molecule has 0 saturated carbocycles. The summed E-state index contributed by atoms with van der Waals surface area (Å²) >= 11 is 0. The molecule has 2 heterocycles. The standard InChI is InChI=1S/C28H25N3O4/c1-19-9-8-12-21(17-19)29(2)24(32)18-31-25-22-13-6-7-14-23(22)35-26(25)27(33)30(28(31)34)16-15-20-10-4-3-5-11-20/h3-14,17H,15-16,18H2,1-2H3. The van der Waals surface area contributed by atoms with Crippen LogP contribution in [0, 0.1) is 6.92 Å². The lowest BCUT2D eigenvalue weighted by molar-refractivity contribution is -0.118. The fourth-order valence-electron chi connectivity index (χ4n) is 4.35. The van der Waals surface area contributed by atoms with Gasteiger partial charge < -0.3 is 9.32 Å². The van der Waals surface area contributed by atoms with E-state index in [9.17, 15) is 14.4 Å². The quantitative estimate of drug-likeness (QED) is 0.376. The number of aromatic nitrogens is 2. The molecule has 0 atom stereocenters. The summed E-state index contributed by atoms with van der Waals surface area (Å²) in [5, 5.41) is 0.623. The van der Waals surface area contributed by atoms with Crippen molar-refractivity contribution in [3.05, 3.63) is 111 Å².